The van der Waals surface area contributed by atoms with Gasteiger partial charge in [-0.2, -0.15) is 0 Å². The van der Waals surface area contributed by atoms with E-state index in [4.69, 9.17) is 33.5 Å². The second-order valence-corrected chi connectivity index (χ2v) is 5.58. The summed E-state index contributed by atoms with van der Waals surface area (Å²) in [5.74, 6) is 0.268. The normalized spacial score (nSPS) is 10.8. The van der Waals surface area contributed by atoms with Gasteiger partial charge in [-0.3, -0.25) is 0 Å². The van der Waals surface area contributed by atoms with Crippen LogP contribution >= 0.6 is 23.2 Å². The zero-order valence-electron chi connectivity index (χ0n) is 11.2. The molecule has 0 spiro atoms. The van der Waals surface area contributed by atoms with Gasteiger partial charge in [-0.05, 0) is 36.2 Å². The second-order valence-electron chi connectivity index (χ2n) is 4.74. The third-order valence-electron chi connectivity index (χ3n) is 3.30. The Hall–Kier alpha value is -1.97. The molecule has 3 aromatic rings. The predicted octanol–water partition coefficient (Wildman–Crippen LogP) is 5.21. The first kappa shape index (κ1) is 14.0. The van der Waals surface area contributed by atoms with E-state index in [0.717, 1.165) is 22.3 Å². The van der Waals surface area contributed by atoms with Crippen LogP contribution in [0.25, 0.3) is 22.4 Å². The number of benzene rings is 2. The second kappa shape index (κ2) is 5.43. The van der Waals surface area contributed by atoms with Gasteiger partial charge in [0.25, 0.3) is 0 Å². The van der Waals surface area contributed by atoms with E-state index >= 15 is 0 Å². The lowest BCUT2D eigenvalue weighted by atomic mass is 10.0. The number of nitrogen functional groups attached to an aromatic ring is 1. The molecule has 0 amide bonds. The van der Waals surface area contributed by atoms with Crippen molar-refractivity contribution in [1.29, 1.82) is 0 Å². The van der Waals surface area contributed by atoms with Gasteiger partial charge in [0.1, 0.15) is 5.69 Å². The van der Waals surface area contributed by atoms with E-state index in [2.05, 4.69) is 5.16 Å². The molecule has 21 heavy (non-hydrogen) atoms. The van der Waals surface area contributed by atoms with Gasteiger partial charge in [-0.25, -0.2) is 0 Å². The molecule has 0 saturated carbocycles. The molecule has 3 nitrogen and oxygen atoms in total. The Kier molecular flexibility index (Phi) is 3.62. The topological polar surface area (TPSA) is 52.0 Å². The molecule has 0 atom stereocenters. The maximum Gasteiger partial charge on any atom is 0.230 e. The quantitative estimate of drug-likeness (QED) is 0.706. The number of rotatable bonds is 2. The molecule has 0 radical (unpaired) electrons. The highest BCUT2D eigenvalue weighted by atomic mass is 35.5. The van der Waals surface area contributed by atoms with E-state index < -0.39 is 0 Å². The third-order valence-corrected chi connectivity index (χ3v) is 3.96. The van der Waals surface area contributed by atoms with Crippen LogP contribution in [0.4, 0.5) is 5.88 Å². The summed E-state index contributed by atoms with van der Waals surface area (Å²) in [6, 6.07) is 13.1. The molecule has 0 fully saturated rings. The van der Waals surface area contributed by atoms with Crippen LogP contribution in [0, 0.1) is 6.92 Å². The Morgan fingerprint density at radius 1 is 1.00 bits per heavy atom. The molecule has 1 heterocycles. The molecule has 0 aliphatic carbocycles. The van der Waals surface area contributed by atoms with E-state index in [1.165, 1.54) is 0 Å². The molecule has 5 heteroatoms. The van der Waals surface area contributed by atoms with Crippen LogP contribution in [0.5, 0.6) is 0 Å². The minimum atomic E-state index is 0.268. The lowest BCUT2D eigenvalue weighted by Gasteiger charge is -2.05. The fraction of sp³-hybridized carbons (Fsp3) is 0.0625. The van der Waals surface area contributed by atoms with Gasteiger partial charge in [0.15, 0.2) is 0 Å². The van der Waals surface area contributed by atoms with Crippen molar-refractivity contribution in [2.24, 2.45) is 0 Å². The van der Waals surface area contributed by atoms with Crippen molar-refractivity contribution in [2.45, 2.75) is 6.92 Å². The zero-order chi connectivity index (χ0) is 15.0. The van der Waals surface area contributed by atoms with E-state index in [-0.39, 0.29) is 5.88 Å². The SMILES string of the molecule is Cc1ccc(-c2noc(N)c2-c2ccc(Cl)cc2)cc1Cl. The van der Waals surface area contributed by atoms with E-state index in [1.807, 2.05) is 37.3 Å². The van der Waals surface area contributed by atoms with Gasteiger partial charge in [0, 0.05) is 15.6 Å². The number of nitrogens with two attached hydrogens (primary N) is 1. The Morgan fingerprint density at radius 2 is 1.67 bits per heavy atom. The number of aryl methyl sites for hydroxylation is 1. The predicted molar refractivity (Wildman–Crippen MR) is 86.5 cm³/mol. The third kappa shape index (κ3) is 2.62. The average molecular weight is 319 g/mol. The van der Waals surface area contributed by atoms with Crippen LogP contribution in [-0.2, 0) is 0 Å². The van der Waals surface area contributed by atoms with Gasteiger partial charge < -0.3 is 10.3 Å². The number of hydrogen-bond acceptors (Lipinski definition) is 3. The van der Waals surface area contributed by atoms with Gasteiger partial charge in [-0.15, -0.1) is 0 Å². The minimum Gasteiger partial charge on any atom is -0.367 e. The highest BCUT2D eigenvalue weighted by molar-refractivity contribution is 6.31. The first-order chi connectivity index (χ1) is 10.1. The fourth-order valence-corrected chi connectivity index (χ4v) is 2.44. The number of nitrogens with zero attached hydrogens (tertiary/aromatic N) is 1. The Labute approximate surface area is 132 Å². The van der Waals surface area contributed by atoms with Crippen molar-refractivity contribution < 1.29 is 4.52 Å². The van der Waals surface area contributed by atoms with Gasteiger partial charge >= 0.3 is 0 Å². The van der Waals surface area contributed by atoms with Crippen molar-refractivity contribution >= 4 is 29.1 Å². The Bertz CT molecular complexity index is 795. The maximum atomic E-state index is 6.18. The summed E-state index contributed by atoms with van der Waals surface area (Å²) in [6.07, 6.45) is 0. The smallest absolute Gasteiger partial charge is 0.230 e. The lowest BCUT2D eigenvalue weighted by molar-refractivity contribution is 0.439. The van der Waals surface area contributed by atoms with Crippen molar-refractivity contribution in [3.05, 3.63) is 58.1 Å². The molecule has 0 unspecified atom stereocenters. The fourth-order valence-electron chi connectivity index (χ4n) is 2.14. The largest absolute Gasteiger partial charge is 0.367 e. The first-order valence-corrected chi connectivity index (χ1v) is 7.09. The Balaban J connectivity index is 2.16. The monoisotopic (exact) mass is 318 g/mol. The highest BCUT2D eigenvalue weighted by Crippen LogP contribution is 2.37. The Morgan fingerprint density at radius 3 is 2.33 bits per heavy atom. The lowest BCUT2D eigenvalue weighted by Crippen LogP contribution is -1.88. The molecule has 3 rings (SSSR count). The standard InChI is InChI=1S/C16H12Cl2N2O/c1-9-2-3-11(8-13(9)18)15-14(16(19)21-20-15)10-4-6-12(17)7-5-10/h2-8H,19H2,1H3. The molecular formula is C16H12Cl2N2O. The van der Waals surface area contributed by atoms with Crippen LogP contribution in [0.1, 0.15) is 5.56 Å². The van der Waals surface area contributed by atoms with Crippen molar-refractivity contribution in [3.63, 3.8) is 0 Å². The summed E-state index contributed by atoms with van der Waals surface area (Å²) in [5.41, 5.74) is 10.1. The summed E-state index contributed by atoms with van der Waals surface area (Å²) in [4.78, 5) is 0. The van der Waals surface area contributed by atoms with Crippen LogP contribution in [-0.4, -0.2) is 5.16 Å². The van der Waals surface area contributed by atoms with Crippen molar-refractivity contribution in [1.82, 2.24) is 5.16 Å². The molecular weight excluding hydrogens is 307 g/mol. The van der Waals surface area contributed by atoms with Crippen molar-refractivity contribution in [3.8, 4) is 22.4 Å². The highest BCUT2D eigenvalue weighted by Gasteiger charge is 2.17. The summed E-state index contributed by atoms with van der Waals surface area (Å²) < 4.78 is 5.16. The van der Waals surface area contributed by atoms with Crippen molar-refractivity contribution in [2.75, 3.05) is 5.73 Å². The summed E-state index contributed by atoms with van der Waals surface area (Å²) in [5, 5.41) is 5.40. The maximum absolute atomic E-state index is 6.18. The summed E-state index contributed by atoms with van der Waals surface area (Å²) in [7, 11) is 0. The van der Waals surface area contributed by atoms with Crippen LogP contribution in [0.15, 0.2) is 47.0 Å². The number of aromatic nitrogens is 1. The average Bonchev–Trinajstić information content (AvgIpc) is 2.85. The molecule has 2 aromatic carbocycles. The van der Waals surface area contributed by atoms with Crippen LogP contribution in [0.2, 0.25) is 10.0 Å². The molecule has 106 valence electrons. The van der Waals surface area contributed by atoms with Crippen LogP contribution in [0.3, 0.4) is 0 Å². The number of anilines is 1. The zero-order valence-corrected chi connectivity index (χ0v) is 12.7. The molecule has 0 saturated heterocycles. The minimum absolute atomic E-state index is 0.268. The van der Waals surface area contributed by atoms with Crippen LogP contribution < -0.4 is 5.73 Å². The van der Waals surface area contributed by atoms with Gasteiger partial charge in [0.2, 0.25) is 5.88 Å². The number of hydrogen-bond donors (Lipinski definition) is 1. The van der Waals surface area contributed by atoms with E-state index in [9.17, 15) is 0 Å². The van der Waals surface area contributed by atoms with E-state index in [1.54, 1.807) is 12.1 Å². The number of halogens is 2. The molecule has 2 N–H and O–H groups in total. The summed E-state index contributed by atoms with van der Waals surface area (Å²) >= 11 is 12.1. The van der Waals surface area contributed by atoms with Gasteiger partial charge in [0.05, 0.1) is 5.56 Å². The van der Waals surface area contributed by atoms with Gasteiger partial charge in [-0.1, -0.05) is 52.6 Å². The van der Waals surface area contributed by atoms with E-state index in [0.29, 0.717) is 15.7 Å². The molecule has 0 aliphatic rings. The molecule has 1 aromatic heterocycles. The summed E-state index contributed by atoms with van der Waals surface area (Å²) in [6.45, 7) is 1.95. The first-order valence-electron chi connectivity index (χ1n) is 6.34. The molecule has 0 bridgehead atoms. The molecule has 0 aliphatic heterocycles.